The third kappa shape index (κ3) is 2.52. The van der Waals surface area contributed by atoms with Gasteiger partial charge in [0.15, 0.2) is 0 Å². The second-order valence-corrected chi connectivity index (χ2v) is 2.76. The Kier molecular flexibility index (Phi) is 3.56. The zero-order valence-electron chi connectivity index (χ0n) is 7.71. The van der Waals surface area contributed by atoms with Crippen molar-refractivity contribution in [2.45, 2.75) is 12.8 Å². The van der Waals surface area contributed by atoms with E-state index >= 15 is 0 Å². The van der Waals surface area contributed by atoms with Gasteiger partial charge in [-0.1, -0.05) is 0 Å². The second-order valence-electron chi connectivity index (χ2n) is 2.76. The van der Waals surface area contributed by atoms with Crippen LogP contribution < -0.4 is 11.1 Å². The predicted octanol–water partition coefficient (Wildman–Crippen LogP) is 0.135. The molecular formula is C9H12N4O. The van der Waals surface area contributed by atoms with Gasteiger partial charge in [-0.2, -0.15) is 5.10 Å². The largest absolute Gasteiger partial charge is 0.383 e. The van der Waals surface area contributed by atoms with Crippen molar-refractivity contribution in [1.29, 1.82) is 0 Å². The van der Waals surface area contributed by atoms with Crippen molar-refractivity contribution in [2.75, 3.05) is 12.3 Å². The van der Waals surface area contributed by atoms with Crippen molar-refractivity contribution in [1.82, 2.24) is 15.5 Å². The summed E-state index contributed by atoms with van der Waals surface area (Å²) in [6.45, 7) is 0.549. The molecule has 1 aromatic rings. The van der Waals surface area contributed by atoms with E-state index in [2.05, 4.69) is 21.4 Å². The summed E-state index contributed by atoms with van der Waals surface area (Å²) in [6, 6.07) is 0. The molecule has 1 heterocycles. The minimum absolute atomic E-state index is 0.228. The molecule has 5 heteroatoms. The van der Waals surface area contributed by atoms with Crippen LogP contribution in [0.2, 0.25) is 0 Å². The van der Waals surface area contributed by atoms with Crippen molar-refractivity contribution < 1.29 is 4.79 Å². The van der Waals surface area contributed by atoms with Crippen molar-refractivity contribution >= 4 is 11.7 Å². The molecule has 0 aliphatic rings. The van der Waals surface area contributed by atoms with Gasteiger partial charge in [0.2, 0.25) is 0 Å². The molecule has 0 unspecified atom stereocenters. The molecule has 1 aromatic heterocycles. The molecule has 0 fully saturated rings. The third-order valence-electron chi connectivity index (χ3n) is 1.70. The first-order chi connectivity index (χ1) is 6.75. The van der Waals surface area contributed by atoms with Crippen molar-refractivity contribution in [2.24, 2.45) is 0 Å². The number of H-pyrrole nitrogens is 1. The van der Waals surface area contributed by atoms with Crippen LogP contribution >= 0.6 is 0 Å². The summed E-state index contributed by atoms with van der Waals surface area (Å²) in [5.41, 5.74) is 5.83. The number of nitrogen functional groups attached to an aromatic ring is 1. The number of hydrogen-bond donors (Lipinski definition) is 3. The summed E-state index contributed by atoms with van der Waals surface area (Å²) in [5.74, 6) is 2.54. The molecule has 14 heavy (non-hydrogen) atoms. The second kappa shape index (κ2) is 4.92. The van der Waals surface area contributed by atoms with Crippen LogP contribution in [-0.4, -0.2) is 22.6 Å². The first-order valence-corrected chi connectivity index (χ1v) is 4.26. The fourth-order valence-corrected chi connectivity index (χ4v) is 0.965. The maximum Gasteiger partial charge on any atom is 0.256 e. The van der Waals surface area contributed by atoms with E-state index in [-0.39, 0.29) is 11.7 Å². The van der Waals surface area contributed by atoms with Gasteiger partial charge in [0.25, 0.3) is 5.91 Å². The highest BCUT2D eigenvalue weighted by Crippen LogP contribution is 2.04. The van der Waals surface area contributed by atoms with Gasteiger partial charge < -0.3 is 11.1 Å². The number of terminal acetylenes is 1. The Morgan fingerprint density at radius 3 is 3.14 bits per heavy atom. The lowest BCUT2D eigenvalue weighted by atomic mass is 10.3. The van der Waals surface area contributed by atoms with Crippen molar-refractivity contribution in [3.05, 3.63) is 11.8 Å². The normalized spacial score (nSPS) is 9.36. The molecule has 0 spiro atoms. The number of nitrogens with zero attached hydrogens (tertiary/aromatic N) is 1. The molecule has 0 aliphatic carbocycles. The van der Waals surface area contributed by atoms with Gasteiger partial charge in [-0.05, 0) is 6.42 Å². The summed E-state index contributed by atoms with van der Waals surface area (Å²) < 4.78 is 0. The maximum atomic E-state index is 11.4. The highest BCUT2D eigenvalue weighted by Gasteiger charge is 2.09. The SMILES string of the molecule is C#CCCCNC(=O)c1cn[nH]c1N. The van der Waals surface area contributed by atoms with Crippen LogP contribution in [0.4, 0.5) is 5.82 Å². The van der Waals surface area contributed by atoms with Gasteiger partial charge in [-0.25, -0.2) is 0 Å². The number of hydrogen-bond acceptors (Lipinski definition) is 3. The number of rotatable bonds is 4. The Hall–Kier alpha value is -1.96. The first-order valence-electron chi connectivity index (χ1n) is 4.26. The van der Waals surface area contributed by atoms with E-state index in [0.717, 1.165) is 6.42 Å². The number of anilines is 1. The van der Waals surface area contributed by atoms with E-state index < -0.39 is 0 Å². The Bertz CT molecular complexity index is 350. The molecule has 0 bridgehead atoms. The Morgan fingerprint density at radius 1 is 1.79 bits per heavy atom. The lowest BCUT2D eigenvalue weighted by molar-refractivity contribution is 0.0954. The van der Waals surface area contributed by atoms with Crippen LogP contribution in [0.1, 0.15) is 23.2 Å². The standard InChI is InChI=1S/C9H12N4O/c1-2-3-4-5-11-9(14)7-6-12-13-8(7)10/h1,6H,3-5H2,(H,11,14)(H3,10,12,13). The molecule has 5 nitrogen and oxygen atoms in total. The number of aromatic nitrogens is 2. The van der Waals surface area contributed by atoms with Gasteiger partial charge >= 0.3 is 0 Å². The Morgan fingerprint density at radius 2 is 2.57 bits per heavy atom. The summed E-state index contributed by atoms with van der Waals surface area (Å²) in [5, 5.41) is 8.82. The molecule has 0 saturated carbocycles. The number of aromatic amines is 1. The number of nitrogens with two attached hydrogens (primary N) is 1. The van der Waals surface area contributed by atoms with Crippen LogP contribution in [0.5, 0.6) is 0 Å². The lowest BCUT2D eigenvalue weighted by Crippen LogP contribution is -2.24. The summed E-state index contributed by atoms with van der Waals surface area (Å²) in [4.78, 5) is 11.4. The van der Waals surface area contributed by atoms with Crippen LogP contribution in [0.25, 0.3) is 0 Å². The molecule has 0 aliphatic heterocycles. The predicted molar refractivity (Wildman–Crippen MR) is 53.4 cm³/mol. The molecule has 0 saturated heterocycles. The van der Waals surface area contributed by atoms with Gasteiger partial charge in [-0.3, -0.25) is 9.89 Å². The van der Waals surface area contributed by atoms with Crippen LogP contribution in [-0.2, 0) is 0 Å². The Labute approximate surface area is 82.1 Å². The fourth-order valence-electron chi connectivity index (χ4n) is 0.965. The zero-order valence-corrected chi connectivity index (χ0v) is 7.71. The summed E-state index contributed by atoms with van der Waals surface area (Å²) >= 11 is 0. The summed E-state index contributed by atoms with van der Waals surface area (Å²) in [7, 11) is 0. The molecule has 1 amide bonds. The van der Waals surface area contributed by atoms with Gasteiger partial charge in [-0.15, -0.1) is 12.3 Å². The zero-order chi connectivity index (χ0) is 10.4. The minimum atomic E-state index is -0.228. The molecular weight excluding hydrogens is 180 g/mol. The van der Waals surface area contributed by atoms with Crippen LogP contribution in [0.3, 0.4) is 0 Å². The van der Waals surface area contributed by atoms with E-state index in [9.17, 15) is 4.79 Å². The fraction of sp³-hybridized carbons (Fsp3) is 0.333. The Balaban J connectivity index is 2.37. The molecule has 0 aromatic carbocycles. The summed E-state index contributed by atoms with van der Waals surface area (Å²) in [6.07, 6.45) is 7.88. The number of nitrogens with one attached hydrogen (secondary N) is 2. The third-order valence-corrected chi connectivity index (χ3v) is 1.70. The van der Waals surface area contributed by atoms with E-state index in [1.807, 2.05) is 0 Å². The van der Waals surface area contributed by atoms with E-state index in [0.29, 0.717) is 18.5 Å². The number of carbonyl (C=O) groups excluding carboxylic acids is 1. The van der Waals surface area contributed by atoms with Gasteiger partial charge in [0.05, 0.1) is 6.20 Å². The number of carbonyl (C=O) groups is 1. The topological polar surface area (TPSA) is 83.8 Å². The van der Waals surface area contributed by atoms with E-state index in [1.165, 1.54) is 6.20 Å². The minimum Gasteiger partial charge on any atom is -0.383 e. The molecule has 4 N–H and O–H groups in total. The molecule has 1 rings (SSSR count). The number of amides is 1. The average molecular weight is 192 g/mol. The van der Waals surface area contributed by atoms with Crippen LogP contribution in [0.15, 0.2) is 6.20 Å². The van der Waals surface area contributed by atoms with Crippen molar-refractivity contribution in [3.63, 3.8) is 0 Å². The quantitative estimate of drug-likeness (QED) is 0.468. The van der Waals surface area contributed by atoms with E-state index in [4.69, 9.17) is 12.2 Å². The molecule has 0 radical (unpaired) electrons. The smallest absolute Gasteiger partial charge is 0.256 e. The maximum absolute atomic E-state index is 11.4. The molecule has 74 valence electrons. The first kappa shape index (κ1) is 10.1. The van der Waals surface area contributed by atoms with Gasteiger partial charge in [0.1, 0.15) is 11.4 Å². The molecule has 0 atom stereocenters. The van der Waals surface area contributed by atoms with Gasteiger partial charge in [0, 0.05) is 13.0 Å². The highest BCUT2D eigenvalue weighted by atomic mass is 16.1. The monoisotopic (exact) mass is 192 g/mol. The average Bonchev–Trinajstić information content (AvgIpc) is 2.59. The van der Waals surface area contributed by atoms with Crippen molar-refractivity contribution in [3.8, 4) is 12.3 Å². The number of unbranched alkanes of at least 4 members (excludes halogenated alkanes) is 1. The van der Waals surface area contributed by atoms with Crippen LogP contribution in [0, 0.1) is 12.3 Å². The lowest BCUT2D eigenvalue weighted by Gasteiger charge is -2.01. The van der Waals surface area contributed by atoms with E-state index in [1.54, 1.807) is 0 Å². The highest BCUT2D eigenvalue weighted by molar-refractivity contribution is 5.97.